The Hall–Kier alpha value is -2.70. The van der Waals surface area contributed by atoms with Crippen molar-refractivity contribution in [1.82, 2.24) is 20.2 Å². The predicted molar refractivity (Wildman–Crippen MR) is 73.4 cm³/mol. The highest BCUT2D eigenvalue weighted by atomic mass is 16.5. The van der Waals surface area contributed by atoms with Crippen molar-refractivity contribution >= 4 is 18.0 Å². The van der Waals surface area contributed by atoms with E-state index < -0.39 is 5.97 Å². The minimum Gasteiger partial charge on any atom is -0.466 e. The molecule has 2 N–H and O–H groups in total. The molecule has 0 fully saturated rings. The smallest absolute Gasteiger partial charge is 0.335 e. The molecule has 0 saturated heterocycles. The van der Waals surface area contributed by atoms with E-state index in [-0.39, 0.29) is 12.5 Å². The van der Waals surface area contributed by atoms with Gasteiger partial charge >= 0.3 is 5.97 Å². The number of aromatic nitrogens is 4. The van der Waals surface area contributed by atoms with Crippen molar-refractivity contribution in [2.45, 2.75) is 13.5 Å². The summed E-state index contributed by atoms with van der Waals surface area (Å²) in [6.45, 7) is 2.15. The summed E-state index contributed by atoms with van der Waals surface area (Å²) in [7, 11) is 1.33. The van der Waals surface area contributed by atoms with Crippen LogP contribution in [0.2, 0.25) is 0 Å². The van der Waals surface area contributed by atoms with Crippen LogP contribution in [0.25, 0.3) is 6.08 Å². The van der Waals surface area contributed by atoms with Crippen LogP contribution in [0, 0.1) is 6.92 Å². The Morgan fingerprint density at radius 1 is 1.40 bits per heavy atom. The molecular weight excluding hydrogens is 258 g/mol. The molecule has 1 aromatic heterocycles. The van der Waals surface area contributed by atoms with Crippen LogP contribution >= 0.6 is 0 Å². The van der Waals surface area contributed by atoms with Crippen molar-refractivity contribution < 1.29 is 9.53 Å². The first-order valence-corrected chi connectivity index (χ1v) is 5.97. The van der Waals surface area contributed by atoms with E-state index in [4.69, 9.17) is 10.5 Å². The summed E-state index contributed by atoms with van der Waals surface area (Å²) < 4.78 is 6.10. The molecule has 0 spiro atoms. The third-order valence-corrected chi connectivity index (χ3v) is 2.75. The molecule has 2 rings (SSSR count). The number of rotatable bonds is 4. The van der Waals surface area contributed by atoms with Crippen LogP contribution in [0.5, 0.6) is 0 Å². The lowest BCUT2D eigenvalue weighted by Crippen LogP contribution is -2.14. The minimum atomic E-state index is -0.444. The summed E-state index contributed by atoms with van der Waals surface area (Å²) in [4.78, 5) is 11.8. The molecule has 20 heavy (non-hydrogen) atoms. The number of hydrogen-bond acceptors (Lipinski definition) is 6. The lowest BCUT2D eigenvalue weighted by molar-refractivity contribution is -0.136. The van der Waals surface area contributed by atoms with Gasteiger partial charge in [0.1, 0.15) is 0 Å². The molecule has 1 heterocycles. The number of nitrogens with zero attached hydrogens (tertiary/aromatic N) is 4. The molecule has 0 amide bonds. The number of carbonyl (C=O) groups is 1. The topological polar surface area (TPSA) is 95.9 Å². The van der Waals surface area contributed by atoms with E-state index in [1.165, 1.54) is 11.8 Å². The van der Waals surface area contributed by atoms with Gasteiger partial charge in [0.25, 0.3) is 0 Å². The summed E-state index contributed by atoms with van der Waals surface area (Å²) in [6, 6.07) is 7.76. The second kappa shape index (κ2) is 5.96. The maximum Gasteiger partial charge on any atom is 0.335 e. The number of nitrogen functional groups attached to an aromatic ring is 1. The molecule has 0 atom stereocenters. The summed E-state index contributed by atoms with van der Waals surface area (Å²) in [5.41, 5.74) is 8.04. The standard InChI is InChI=1S/C13H15N5O2/c1-9-3-5-10(6-4-9)7-11(12(19)20-2)8-18-13(14)15-16-17-18/h3-7H,8H2,1-2H3,(H2,14,15,17)/b11-7+. The highest BCUT2D eigenvalue weighted by molar-refractivity contribution is 5.93. The molecule has 0 unspecified atom stereocenters. The first-order valence-electron chi connectivity index (χ1n) is 5.97. The number of ether oxygens (including phenoxy) is 1. The Kier molecular flexibility index (Phi) is 4.09. The monoisotopic (exact) mass is 273 g/mol. The Balaban J connectivity index is 2.30. The van der Waals surface area contributed by atoms with Crippen molar-refractivity contribution in [1.29, 1.82) is 0 Å². The first kappa shape index (κ1) is 13.7. The van der Waals surface area contributed by atoms with Gasteiger partial charge in [-0.25, -0.2) is 9.48 Å². The number of tetrazole rings is 1. The number of methoxy groups -OCH3 is 1. The molecule has 0 aliphatic heterocycles. The number of carbonyl (C=O) groups excluding carboxylic acids is 1. The number of anilines is 1. The van der Waals surface area contributed by atoms with Crippen LogP contribution in [0.1, 0.15) is 11.1 Å². The van der Waals surface area contributed by atoms with E-state index in [0.29, 0.717) is 5.57 Å². The van der Waals surface area contributed by atoms with Crippen LogP contribution in [-0.4, -0.2) is 33.3 Å². The molecule has 104 valence electrons. The van der Waals surface area contributed by atoms with Gasteiger partial charge in [0.15, 0.2) is 0 Å². The highest BCUT2D eigenvalue weighted by Crippen LogP contribution is 2.12. The number of aryl methyl sites for hydroxylation is 1. The average Bonchev–Trinajstić information content (AvgIpc) is 2.85. The molecule has 0 aliphatic carbocycles. The van der Waals surface area contributed by atoms with Crippen LogP contribution in [0.3, 0.4) is 0 Å². The molecule has 1 aromatic carbocycles. The zero-order chi connectivity index (χ0) is 14.5. The second-order valence-corrected chi connectivity index (χ2v) is 4.27. The molecule has 0 aliphatic rings. The van der Waals surface area contributed by atoms with Gasteiger partial charge in [-0.1, -0.05) is 34.9 Å². The minimum absolute atomic E-state index is 0.142. The van der Waals surface area contributed by atoms with E-state index in [0.717, 1.165) is 11.1 Å². The SMILES string of the molecule is COC(=O)/C(=C/c1ccc(C)cc1)Cn1nnnc1N. The summed E-state index contributed by atoms with van der Waals surface area (Å²) >= 11 is 0. The summed E-state index contributed by atoms with van der Waals surface area (Å²) in [5.74, 6) is -0.302. The largest absolute Gasteiger partial charge is 0.466 e. The quantitative estimate of drug-likeness (QED) is 0.654. The van der Waals surface area contributed by atoms with E-state index in [1.807, 2.05) is 31.2 Å². The molecule has 0 bridgehead atoms. The van der Waals surface area contributed by atoms with Crippen LogP contribution in [0.15, 0.2) is 29.8 Å². The molecule has 7 heteroatoms. The zero-order valence-corrected chi connectivity index (χ0v) is 11.3. The fourth-order valence-electron chi connectivity index (χ4n) is 1.65. The van der Waals surface area contributed by atoms with Gasteiger partial charge in [-0.2, -0.15) is 0 Å². The van der Waals surface area contributed by atoms with E-state index in [2.05, 4.69) is 15.5 Å². The lowest BCUT2D eigenvalue weighted by atomic mass is 10.1. The fraction of sp³-hybridized carbons (Fsp3) is 0.231. The van der Waals surface area contributed by atoms with Gasteiger partial charge < -0.3 is 10.5 Å². The van der Waals surface area contributed by atoms with Crippen LogP contribution in [0.4, 0.5) is 5.95 Å². The van der Waals surface area contributed by atoms with Crippen molar-refractivity contribution in [3.05, 3.63) is 41.0 Å². The van der Waals surface area contributed by atoms with Gasteiger partial charge in [0.2, 0.25) is 5.95 Å². The van der Waals surface area contributed by atoms with Crippen molar-refractivity contribution in [3.63, 3.8) is 0 Å². The molecule has 0 radical (unpaired) electrons. The number of nitrogens with two attached hydrogens (primary N) is 1. The maximum absolute atomic E-state index is 11.8. The maximum atomic E-state index is 11.8. The second-order valence-electron chi connectivity index (χ2n) is 4.27. The van der Waals surface area contributed by atoms with Crippen LogP contribution < -0.4 is 5.73 Å². The van der Waals surface area contributed by atoms with Gasteiger partial charge in [0, 0.05) is 0 Å². The van der Waals surface area contributed by atoms with E-state index >= 15 is 0 Å². The highest BCUT2D eigenvalue weighted by Gasteiger charge is 2.13. The molecule has 7 nitrogen and oxygen atoms in total. The van der Waals surface area contributed by atoms with Gasteiger partial charge in [-0.3, -0.25) is 0 Å². The Morgan fingerprint density at radius 2 is 2.10 bits per heavy atom. The summed E-state index contributed by atoms with van der Waals surface area (Å²) in [6.07, 6.45) is 1.73. The fourth-order valence-corrected chi connectivity index (χ4v) is 1.65. The average molecular weight is 273 g/mol. The molecule has 0 saturated carbocycles. The van der Waals surface area contributed by atoms with Crippen molar-refractivity contribution in [2.75, 3.05) is 12.8 Å². The number of benzene rings is 1. The number of esters is 1. The predicted octanol–water partition coefficient (Wildman–Crippen LogP) is 0.820. The lowest BCUT2D eigenvalue weighted by Gasteiger charge is -2.06. The normalized spacial score (nSPS) is 11.4. The Bertz CT molecular complexity index is 630. The van der Waals surface area contributed by atoms with E-state index in [1.54, 1.807) is 6.08 Å². The zero-order valence-electron chi connectivity index (χ0n) is 11.3. The third-order valence-electron chi connectivity index (χ3n) is 2.75. The Labute approximate surface area is 116 Å². The van der Waals surface area contributed by atoms with Gasteiger partial charge in [-0.15, -0.1) is 0 Å². The third kappa shape index (κ3) is 3.19. The first-order chi connectivity index (χ1) is 9.60. The number of hydrogen-bond donors (Lipinski definition) is 1. The van der Waals surface area contributed by atoms with Crippen LogP contribution in [-0.2, 0) is 16.1 Å². The van der Waals surface area contributed by atoms with Gasteiger partial charge in [0.05, 0.1) is 19.2 Å². The van der Waals surface area contributed by atoms with Gasteiger partial charge in [-0.05, 0) is 29.0 Å². The Morgan fingerprint density at radius 3 is 2.65 bits per heavy atom. The molecule has 2 aromatic rings. The van der Waals surface area contributed by atoms with E-state index in [9.17, 15) is 4.79 Å². The van der Waals surface area contributed by atoms with Crippen molar-refractivity contribution in [2.24, 2.45) is 0 Å². The summed E-state index contributed by atoms with van der Waals surface area (Å²) in [5, 5.41) is 10.7. The van der Waals surface area contributed by atoms with Crippen molar-refractivity contribution in [3.8, 4) is 0 Å². The molecular formula is C13H15N5O2.